The molecule has 0 aliphatic carbocycles. The molecule has 10 nitrogen and oxygen atoms in total. The van der Waals surface area contributed by atoms with Crippen molar-refractivity contribution in [3.63, 3.8) is 0 Å². The second kappa shape index (κ2) is 7.47. The molecular formula is C9H18NO9P3. The third kappa shape index (κ3) is 5.37. The molecular weight excluding hydrogens is 359 g/mol. The Morgan fingerprint density at radius 3 is 0.909 bits per heavy atom. The summed E-state index contributed by atoms with van der Waals surface area (Å²) >= 11 is 0. The van der Waals surface area contributed by atoms with Crippen LogP contribution >= 0.6 is 22.8 Å². The predicted octanol–water partition coefficient (Wildman–Crippen LogP) is 0.358. The van der Waals surface area contributed by atoms with Gasteiger partial charge in [-0.05, 0) is 0 Å². The van der Waals surface area contributed by atoms with Crippen molar-refractivity contribution in [2.24, 2.45) is 0 Å². The Hall–Kier alpha value is -0.370. The fourth-order valence-electron chi connectivity index (χ4n) is 1.77. The van der Waals surface area contributed by atoms with Crippen LogP contribution in [0, 0.1) is 0 Å². The number of nitrogens with zero attached hydrogens (tertiary/aromatic N) is 1. The van der Waals surface area contributed by atoms with Crippen molar-refractivity contribution in [3.05, 3.63) is 38.0 Å². The smallest absolute Gasteiger partial charge is 0.323 e. The summed E-state index contributed by atoms with van der Waals surface area (Å²) in [5.74, 6) is -6.21. The first-order valence-electron chi connectivity index (χ1n) is 5.52. The van der Waals surface area contributed by atoms with Gasteiger partial charge in [-0.25, -0.2) is 0 Å². The van der Waals surface area contributed by atoms with E-state index >= 15 is 0 Å². The summed E-state index contributed by atoms with van der Waals surface area (Å²) in [6, 6.07) is 0. The Balaban J connectivity index is 6.43. The standard InChI is InChI=1S/C9H18NO9P3/c1-4-7(20(11,12)13)10(8(5-2)21(14,15)16)9(6-3)22(17,18)19/h4-9H,1-3H2,(H2,11,12,13)(H2,14,15,16)(H2,17,18,19). The first-order valence-corrected chi connectivity index (χ1v) is 10.6. The van der Waals surface area contributed by atoms with E-state index in [-0.39, 0.29) is 4.90 Å². The number of hydrogen-bond donors (Lipinski definition) is 6. The molecule has 6 N–H and O–H groups in total. The van der Waals surface area contributed by atoms with Crippen LogP contribution in [0.15, 0.2) is 38.0 Å². The molecule has 0 aliphatic heterocycles. The van der Waals surface area contributed by atoms with E-state index in [1.165, 1.54) is 0 Å². The van der Waals surface area contributed by atoms with Crippen LogP contribution < -0.4 is 0 Å². The van der Waals surface area contributed by atoms with Gasteiger partial charge in [0.15, 0.2) is 0 Å². The van der Waals surface area contributed by atoms with E-state index in [4.69, 9.17) is 0 Å². The molecule has 0 bridgehead atoms. The van der Waals surface area contributed by atoms with Crippen LogP contribution in [0.5, 0.6) is 0 Å². The van der Waals surface area contributed by atoms with Gasteiger partial charge in [0.25, 0.3) is 0 Å². The molecule has 3 unspecified atom stereocenters. The number of rotatable bonds is 9. The maximum Gasteiger partial charge on any atom is 0.346 e. The lowest BCUT2D eigenvalue weighted by Gasteiger charge is -2.39. The Morgan fingerprint density at radius 1 is 0.636 bits per heavy atom. The average Bonchev–Trinajstić information content (AvgIpc) is 2.25. The van der Waals surface area contributed by atoms with Gasteiger partial charge in [-0.1, -0.05) is 18.2 Å². The summed E-state index contributed by atoms with van der Waals surface area (Å²) in [4.78, 5) is 56.0. The summed E-state index contributed by atoms with van der Waals surface area (Å²) in [5.41, 5.74) is 0. The Kier molecular flexibility index (Phi) is 7.34. The topological polar surface area (TPSA) is 176 Å². The lowest BCUT2D eigenvalue weighted by molar-refractivity contribution is 0.198. The molecule has 0 aromatic heterocycles. The van der Waals surface area contributed by atoms with E-state index < -0.39 is 40.1 Å². The SMILES string of the molecule is C=CC(N(C(C=C)P(=O)(O)O)C(C=C)P(=O)(O)O)P(=O)(O)O. The summed E-state index contributed by atoms with van der Waals surface area (Å²) in [6.07, 6.45) is 1.91. The monoisotopic (exact) mass is 377 g/mol. The third-order valence-electron chi connectivity index (χ3n) is 2.58. The fraction of sp³-hybridized carbons (Fsp3) is 0.333. The molecule has 0 fully saturated rings. The maximum atomic E-state index is 11.5. The van der Waals surface area contributed by atoms with Gasteiger partial charge in [0.05, 0.1) is 0 Å². The average molecular weight is 377 g/mol. The van der Waals surface area contributed by atoms with E-state index in [1.807, 2.05) is 0 Å². The number of hydrogen-bond acceptors (Lipinski definition) is 4. The van der Waals surface area contributed by atoms with Crippen LogP contribution in [0.2, 0.25) is 0 Å². The van der Waals surface area contributed by atoms with E-state index in [0.29, 0.717) is 18.2 Å². The molecule has 0 saturated carbocycles. The van der Waals surface area contributed by atoms with Gasteiger partial charge in [-0.3, -0.25) is 18.6 Å². The highest BCUT2D eigenvalue weighted by Gasteiger charge is 2.49. The molecule has 0 spiro atoms. The van der Waals surface area contributed by atoms with Gasteiger partial charge in [0, 0.05) is 0 Å². The van der Waals surface area contributed by atoms with Crippen molar-refractivity contribution >= 4 is 22.8 Å². The summed E-state index contributed by atoms with van der Waals surface area (Å²) in [6.45, 7) is 9.41. The lowest BCUT2D eigenvalue weighted by atomic mass is 10.4. The zero-order valence-corrected chi connectivity index (χ0v) is 14.0. The highest BCUT2D eigenvalue weighted by Crippen LogP contribution is 2.56. The van der Waals surface area contributed by atoms with Crippen LogP contribution in [-0.2, 0) is 13.7 Å². The first-order chi connectivity index (χ1) is 9.71. The van der Waals surface area contributed by atoms with Crippen LogP contribution in [0.4, 0.5) is 0 Å². The van der Waals surface area contributed by atoms with E-state index in [0.717, 1.165) is 0 Å². The molecule has 3 atom stereocenters. The van der Waals surface area contributed by atoms with Crippen LogP contribution in [0.25, 0.3) is 0 Å². The second-order valence-electron chi connectivity index (χ2n) is 4.16. The Labute approximate surface area is 127 Å². The maximum absolute atomic E-state index is 11.5. The summed E-state index contributed by atoms with van der Waals surface area (Å²) < 4.78 is 34.5. The highest BCUT2D eigenvalue weighted by molar-refractivity contribution is 7.55. The third-order valence-corrected chi connectivity index (χ3v) is 6.08. The van der Waals surface area contributed by atoms with Crippen molar-refractivity contribution in [1.82, 2.24) is 4.90 Å². The zero-order chi connectivity index (χ0) is 17.9. The highest BCUT2D eigenvalue weighted by atomic mass is 31.2. The molecule has 0 saturated heterocycles. The Morgan fingerprint density at radius 2 is 0.818 bits per heavy atom. The molecule has 0 rings (SSSR count). The van der Waals surface area contributed by atoms with Crippen molar-refractivity contribution in [1.29, 1.82) is 0 Å². The molecule has 0 radical (unpaired) electrons. The second-order valence-corrected chi connectivity index (χ2v) is 9.28. The van der Waals surface area contributed by atoms with Gasteiger partial charge < -0.3 is 29.4 Å². The molecule has 0 aromatic carbocycles. The van der Waals surface area contributed by atoms with Gasteiger partial charge in [-0.2, -0.15) is 0 Å². The lowest BCUT2D eigenvalue weighted by Crippen LogP contribution is -2.47. The van der Waals surface area contributed by atoms with Gasteiger partial charge >= 0.3 is 22.8 Å². The minimum Gasteiger partial charge on any atom is -0.323 e. The molecule has 0 aromatic rings. The van der Waals surface area contributed by atoms with Gasteiger partial charge in [0.1, 0.15) is 17.3 Å². The minimum absolute atomic E-state index is 0.273. The largest absolute Gasteiger partial charge is 0.346 e. The first kappa shape index (κ1) is 21.6. The van der Waals surface area contributed by atoms with Crippen LogP contribution in [0.1, 0.15) is 0 Å². The quantitative estimate of drug-likeness (QED) is 0.243. The van der Waals surface area contributed by atoms with Crippen molar-refractivity contribution in [2.45, 2.75) is 17.3 Å². The van der Waals surface area contributed by atoms with Crippen molar-refractivity contribution < 1.29 is 43.1 Å². The van der Waals surface area contributed by atoms with Crippen LogP contribution in [-0.4, -0.2) is 51.6 Å². The van der Waals surface area contributed by atoms with E-state index in [1.54, 1.807) is 0 Å². The van der Waals surface area contributed by atoms with E-state index in [9.17, 15) is 43.1 Å². The molecule has 0 aliphatic rings. The summed E-state index contributed by atoms with van der Waals surface area (Å²) in [7, 11) is -15.2. The molecule has 128 valence electrons. The normalized spacial score (nSPS) is 17.6. The fourth-order valence-corrected chi connectivity index (χ4v) is 4.81. The van der Waals surface area contributed by atoms with Crippen LogP contribution in [0.3, 0.4) is 0 Å². The molecule has 22 heavy (non-hydrogen) atoms. The molecule has 0 amide bonds. The van der Waals surface area contributed by atoms with E-state index in [2.05, 4.69) is 19.7 Å². The molecule has 0 heterocycles. The van der Waals surface area contributed by atoms with Gasteiger partial charge in [0.2, 0.25) is 0 Å². The molecule has 13 heteroatoms. The predicted molar refractivity (Wildman–Crippen MR) is 79.9 cm³/mol. The van der Waals surface area contributed by atoms with Crippen molar-refractivity contribution in [2.75, 3.05) is 0 Å². The minimum atomic E-state index is -5.08. The Bertz CT molecular complexity index is 492. The zero-order valence-electron chi connectivity index (χ0n) is 11.3. The summed E-state index contributed by atoms with van der Waals surface area (Å²) in [5, 5.41) is 0. The van der Waals surface area contributed by atoms with Gasteiger partial charge in [-0.15, -0.1) is 19.7 Å². The van der Waals surface area contributed by atoms with Crippen molar-refractivity contribution in [3.8, 4) is 0 Å².